The first-order valence-electron chi connectivity index (χ1n) is 11.2. The molecule has 0 saturated heterocycles. The van der Waals surface area contributed by atoms with E-state index in [2.05, 4.69) is 51.7 Å². The average molecular weight is 430 g/mol. The Morgan fingerprint density at radius 2 is 1.97 bits per heavy atom. The van der Waals surface area contributed by atoms with Crippen molar-refractivity contribution < 1.29 is 0 Å². The molecule has 32 heavy (non-hydrogen) atoms. The van der Waals surface area contributed by atoms with Crippen LogP contribution >= 0.6 is 0 Å². The van der Waals surface area contributed by atoms with Crippen molar-refractivity contribution in [2.45, 2.75) is 52.1 Å². The number of nitrogens with one attached hydrogen (secondary N) is 1. The number of tetrazole rings is 1. The summed E-state index contributed by atoms with van der Waals surface area (Å²) in [6, 6.07) is 12.4. The molecule has 1 aliphatic carbocycles. The van der Waals surface area contributed by atoms with E-state index < -0.39 is 0 Å². The van der Waals surface area contributed by atoms with Crippen LogP contribution in [0.3, 0.4) is 0 Å². The highest BCUT2D eigenvalue weighted by molar-refractivity contribution is 5.70. The minimum Gasteiger partial charge on any atom is -0.296 e. The molecule has 0 radical (unpaired) electrons. The smallest absolute Gasteiger partial charge is 0.296 e. The van der Waals surface area contributed by atoms with Gasteiger partial charge in [0, 0.05) is 29.7 Å². The highest BCUT2D eigenvalue weighted by atomic mass is 16.1. The Morgan fingerprint density at radius 1 is 1.16 bits per heavy atom. The molecule has 4 aromatic rings. The maximum absolute atomic E-state index is 13.2. The van der Waals surface area contributed by atoms with Crippen LogP contribution in [0.1, 0.15) is 50.5 Å². The van der Waals surface area contributed by atoms with Gasteiger partial charge in [-0.3, -0.25) is 14.1 Å². The van der Waals surface area contributed by atoms with E-state index in [1.54, 1.807) is 0 Å². The van der Waals surface area contributed by atoms with E-state index >= 15 is 0 Å². The fraction of sp³-hybridized carbons (Fsp3) is 0.375. The van der Waals surface area contributed by atoms with Gasteiger partial charge in [-0.2, -0.15) is 5.21 Å². The number of hydrogen-bond donors (Lipinski definition) is 1. The largest absolute Gasteiger partial charge is 0.328 e. The zero-order valence-electron chi connectivity index (χ0n) is 18.4. The van der Waals surface area contributed by atoms with Gasteiger partial charge in [0.25, 0.3) is 0 Å². The lowest BCUT2D eigenvalue weighted by Crippen LogP contribution is -2.25. The first kappa shape index (κ1) is 20.4. The fourth-order valence-electron chi connectivity index (χ4n) is 4.23. The van der Waals surface area contributed by atoms with Crippen LogP contribution < -0.4 is 5.69 Å². The summed E-state index contributed by atoms with van der Waals surface area (Å²) in [7, 11) is 0. The Kier molecular flexibility index (Phi) is 5.43. The number of nitrogens with zero attached hydrogens (tertiary/aromatic N) is 6. The summed E-state index contributed by atoms with van der Waals surface area (Å²) in [5.41, 5.74) is 5.02. The maximum Gasteiger partial charge on any atom is 0.328 e. The first-order chi connectivity index (χ1) is 15.6. The van der Waals surface area contributed by atoms with Gasteiger partial charge < -0.3 is 0 Å². The molecule has 164 valence electrons. The standard InChI is InChI=1S/C24H27N7O/c1-3-4-8-21-15-31(22-11-16(22)2)24(32)30(21)14-20-13-18(9-10-25-20)17-6-5-7-19(12-17)23-26-28-29-27-23/h5-7,9-10,12-13,15-16,22H,3-4,8,11,14H2,1-2H3,(H,26,27,28,29). The second kappa shape index (κ2) is 8.53. The molecule has 1 aromatic carbocycles. The number of aromatic amines is 1. The Labute approximate surface area is 186 Å². The lowest BCUT2D eigenvalue weighted by molar-refractivity contribution is 0.615. The molecule has 8 nitrogen and oxygen atoms in total. The molecule has 1 N–H and O–H groups in total. The van der Waals surface area contributed by atoms with Crippen molar-refractivity contribution in [1.29, 1.82) is 0 Å². The second-order valence-corrected chi connectivity index (χ2v) is 8.63. The first-order valence-corrected chi connectivity index (χ1v) is 11.2. The summed E-state index contributed by atoms with van der Waals surface area (Å²) in [4.78, 5) is 17.8. The number of unbranched alkanes of at least 4 members (excludes halogenated alkanes) is 1. The molecule has 3 aromatic heterocycles. The number of aryl methyl sites for hydroxylation is 1. The maximum atomic E-state index is 13.2. The van der Waals surface area contributed by atoms with E-state index in [-0.39, 0.29) is 5.69 Å². The van der Waals surface area contributed by atoms with Crippen LogP contribution in [0.5, 0.6) is 0 Å². The van der Waals surface area contributed by atoms with E-state index in [1.807, 2.05) is 45.7 Å². The molecule has 5 rings (SSSR count). The molecule has 2 atom stereocenters. The van der Waals surface area contributed by atoms with Crippen LogP contribution in [0, 0.1) is 5.92 Å². The minimum absolute atomic E-state index is 0.0803. The van der Waals surface area contributed by atoms with Gasteiger partial charge in [0.05, 0.1) is 12.2 Å². The van der Waals surface area contributed by atoms with E-state index in [9.17, 15) is 4.79 Å². The Hall–Kier alpha value is -3.55. The van der Waals surface area contributed by atoms with Gasteiger partial charge in [-0.25, -0.2) is 4.79 Å². The van der Waals surface area contributed by atoms with Gasteiger partial charge in [-0.05, 0) is 59.7 Å². The normalized spacial score (nSPS) is 17.6. The molecule has 2 unspecified atom stereocenters. The van der Waals surface area contributed by atoms with Gasteiger partial charge in [0.2, 0.25) is 5.82 Å². The van der Waals surface area contributed by atoms with Gasteiger partial charge in [-0.1, -0.05) is 38.5 Å². The fourth-order valence-corrected chi connectivity index (χ4v) is 4.23. The number of H-pyrrole nitrogens is 1. The minimum atomic E-state index is 0.0803. The van der Waals surface area contributed by atoms with Crippen LogP contribution in [-0.2, 0) is 13.0 Å². The van der Waals surface area contributed by atoms with Crippen LogP contribution in [-0.4, -0.2) is 34.7 Å². The molecule has 1 aliphatic rings. The number of pyridine rings is 1. The van der Waals surface area contributed by atoms with Crippen LogP contribution in [0.15, 0.2) is 53.6 Å². The SMILES string of the molecule is CCCCc1cn(C2CC2C)c(=O)n1Cc1cc(-c2cccc(-c3nn[nH]n3)c2)ccn1. The summed E-state index contributed by atoms with van der Waals surface area (Å²) in [5.74, 6) is 1.14. The monoisotopic (exact) mass is 429 g/mol. The summed E-state index contributed by atoms with van der Waals surface area (Å²) >= 11 is 0. The Bertz CT molecular complexity index is 1270. The molecular weight excluding hydrogens is 402 g/mol. The zero-order chi connectivity index (χ0) is 22.1. The van der Waals surface area contributed by atoms with Crippen molar-refractivity contribution in [3.63, 3.8) is 0 Å². The molecule has 0 amide bonds. The number of rotatable bonds is 8. The van der Waals surface area contributed by atoms with Crippen molar-refractivity contribution in [2.24, 2.45) is 5.92 Å². The average Bonchev–Trinajstić information content (AvgIpc) is 3.19. The third-order valence-corrected chi connectivity index (χ3v) is 6.23. The molecule has 0 bridgehead atoms. The molecule has 0 aliphatic heterocycles. The Balaban J connectivity index is 1.45. The number of imidazole rings is 1. The molecule has 1 saturated carbocycles. The van der Waals surface area contributed by atoms with Crippen molar-refractivity contribution in [3.8, 4) is 22.5 Å². The van der Waals surface area contributed by atoms with Crippen LogP contribution in [0.25, 0.3) is 22.5 Å². The number of benzene rings is 1. The summed E-state index contributed by atoms with van der Waals surface area (Å²) < 4.78 is 3.84. The predicted molar refractivity (Wildman–Crippen MR) is 122 cm³/mol. The summed E-state index contributed by atoms with van der Waals surface area (Å²) in [5, 5.41) is 14.3. The second-order valence-electron chi connectivity index (χ2n) is 8.63. The van der Waals surface area contributed by atoms with E-state index in [0.29, 0.717) is 24.3 Å². The third-order valence-electron chi connectivity index (χ3n) is 6.23. The molecule has 8 heteroatoms. The van der Waals surface area contributed by atoms with Crippen LogP contribution in [0.2, 0.25) is 0 Å². The zero-order valence-corrected chi connectivity index (χ0v) is 18.4. The van der Waals surface area contributed by atoms with Crippen molar-refractivity contribution in [3.05, 3.63) is 70.7 Å². The molecule has 0 spiro atoms. The Morgan fingerprint density at radius 3 is 2.72 bits per heavy atom. The van der Waals surface area contributed by atoms with Crippen molar-refractivity contribution in [2.75, 3.05) is 0 Å². The molecule has 3 heterocycles. The van der Waals surface area contributed by atoms with E-state index in [4.69, 9.17) is 0 Å². The lowest BCUT2D eigenvalue weighted by Gasteiger charge is -2.09. The van der Waals surface area contributed by atoms with E-state index in [0.717, 1.165) is 53.8 Å². The van der Waals surface area contributed by atoms with Crippen molar-refractivity contribution >= 4 is 0 Å². The predicted octanol–water partition coefficient (Wildman–Crippen LogP) is 3.86. The quantitative estimate of drug-likeness (QED) is 0.459. The van der Waals surface area contributed by atoms with Crippen molar-refractivity contribution in [1.82, 2.24) is 34.7 Å². The van der Waals surface area contributed by atoms with Gasteiger partial charge >= 0.3 is 5.69 Å². The van der Waals surface area contributed by atoms with E-state index in [1.165, 1.54) is 0 Å². The summed E-state index contributed by atoms with van der Waals surface area (Å²) in [6.45, 7) is 4.86. The third kappa shape index (κ3) is 4.00. The molecular formula is C24H27N7O. The van der Waals surface area contributed by atoms with Gasteiger partial charge in [0.15, 0.2) is 0 Å². The highest BCUT2D eigenvalue weighted by Gasteiger charge is 2.36. The van der Waals surface area contributed by atoms with Gasteiger partial charge in [0.1, 0.15) is 0 Å². The summed E-state index contributed by atoms with van der Waals surface area (Å²) in [6.07, 6.45) is 8.05. The van der Waals surface area contributed by atoms with Crippen LogP contribution in [0.4, 0.5) is 0 Å². The van der Waals surface area contributed by atoms with Gasteiger partial charge in [-0.15, -0.1) is 10.2 Å². The number of aromatic nitrogens is 7. The highest BCUT2D eigenvalue weighted by Crippen LogP contribution is 2.41. The number of hydrogen-bond acceptors (Lipinski definition) is 5. The molecule has 1 fully saturated rings. The topological polar surface area (TPSA) is 94.3 Å². The lowest BCUT2D eigenvalue weighted by atomic mass is 10.0.